The molecule has 4 heterocycles. The summed E-state index contributed by atoms with van der Waals surface area (Å²) in [5.74, 6) is 2.49. The van der Waals surface area contributed by atoms with Gasteiger partial charge in [0, 0.05) is 11.5 Å². The lowest BCUT2D eigenvalue weighted by molar-refractivity contribution is 0.209. The minimum absolute atomic E-state index is 0.233. The molecule has 1 saturated carbocycles. The molecule has 0 saturated heterocycles. The maximum Gasteiger partial charge on any atom is 0.296 e. The molecule has 0 bridgehead atoms. The van der Waals surface area contributed by atoms with E-state index in [0.717, 1.165) is 30.6 Å². The Hall–Kier alpha value is -3.74. The molecule has 1 aliphatic carbocycles. The highest BCUT2D eigenvalue weighted by Crippen LogP contribution is 2.45. The fourth-order valence-electron chi connectivity index (χ4n) is 4.32. The van der Waals surface area contributed by atoms with Gasteiger partial charge >= 0.3 is 0 Å². The van der Waals surface area contributed by atoms with E-state index in [4.69, 9.17) is 4.52 Å². The second kappa shape index (κ2) is 5.88. The quantitative estimate of drug-likeness (QED) is 0.485. The molecule has 144 valence electrons. The number of hydrogen-bond donors (Lipinski definition) is 0. The zero-order valence-corrected chi connectivity index (χ0v) is 15.2. The summed E-state index contributed by atoms with van der Waals surface area (Å²) in [6.07, 6.45) is 6.05. The van der Waals surface area contributed by atoms with Gasteiger partial charge in [0.05, 0.1) is 11.9 Å². The Morgan fingerprint density at radius 3 is 2.76 bits per heavy atom. The molecule has 0 spiro atoms. The van der Waals surface area contributed by atoms with Crippen LogP contribution in [0, 0.1) is 11.5 Å². The van der Waals surface area contributed by atoms with Gasteiger partial charge in [-0.3, -0.25) is 9.47 Å². The molecule has 1 atom stereocenters. The molecule has 0 amide bonds. The summed E-state index contributed by atoms with van der Waals surface area (Å²) in [5, 5.41) is 22.0. The van der Waals surface area contributed by atoms with E-state index < -0.39 is 6.42 Å². The minimum atomic E-state index is -1.66. The zero-order chi connectivity index (χ0) is 19.5. The van der Waals surface area contributed by atoms with Crippen molar-refractivity contribution in [3.05, 3.63) is 36.3 Å². The number of fused-ring (bicyclic) bond motifs is 6. The molecule has 3 aromatic rings. The third-order valence-electron chi connectivity index (χ3n) is 5.71. The van der Waals surface area contributed by atoms with Crippen LogP contribution in [-0.2, 0) is 0 Å². The Kier molecular flexibility index (Phi) is 3.29. The molecule has 0 N–H and O–H groups in total. The number of halogens is 1. The van der Waals surface area contributed by atoms with Crippen molar-refractivity contribution in [2.24, 2.45) is 0 Å². The van der Waals surface area contributed by atoms with Crippen molar-refractivity contribution in [1.82, 2.24) is 29.8 Å². The van der Waals surface area contributed by atoms with Crippen LogP contribution < -0.4 is 4.90 Å². The number of nitriles is 1. The van der Waals surface area contributed by atoms with E-state index in [1.165, 1.54) is 11.1 Å². The van der Waals surface area contributed by atoms with Crippen LogP contribution in [0.15, 0.2) is 35.0 Å². The monoisotopic (exact) mass is 390 g/mol. The summed E-state index contributed by atoms with van der Waals surface area (Å²) in [4.78, 5) is 6.94. The van der Waals surface area contributed by atoms with Crippen molar-refractivity contribution in [2.45, 2.75) is 38.0 Å². The van der Waals surface area contributed by atoms with E-state index in [-0.39, 0.29) is 5.89 Å². The van der Waals surface area contributed by atoms with Crippen LogP contribution in [0.1, 0.15) is 37.4 Å². The summed E-state index contributed by atoms with van der Waals surface area (Å²) < 4.78 is 22.2. The molecule has 2 aromatic heterocycles. The van der Waals surface area contributed by atoms with Crippen molar-refractivity contribution in [2.75, 3.05) is 4.90 Å². The third kappa shape index (κ3) is 2.18. The fourth-order valence-corrected chi connectivity index (χ4v) is 4.32. The molecule has 1 unspecified atom stereocenters. The molecule has 6 rings (SSSR count). The number of nitrogens with zero attached hydrogens (tertiary/aromatic N) is 8. The van der Waals surface area contributed by atoms with E-state index >= 15 is 4.39 Å². The SMILES string of the molecule is N#CN1C=C2N(c3ccccc3-c3nnc(-c4nc(C5CCCC5)no4)n32)C1F. The minimum Gasteiger partial charge on any atom is -0.330 e. The Bertz CT molecular complexity index is 1190. The number of hydrogen-bond acceptors (Lipinski definition) is 8. The van der Waals surface area contributed by atoms with Crippen LogP contribution in [0.3, 0.4) is 0 Å². The van der Waals surface area contributed by atoms with Gasteiger partial charge in [0.15, 0.2) is 17.8 Å². The third-order valence-corrected chi connectivity index (χ3v) is 5.71. The first-order valence-electron chi connectivity index (χ1n) is 9.48. The van der Waals surface area contributed by atoms with Crippen molar-refractivity contribution < 1.29 is 8.91 Å². The van der Waals surface area contributed by atoms with Gasteiger partial charge in [0.1, 0.15) is 5.82 Å². The van der Waals surface area contributed by atoms with Gasteiger partial charge < -0.3 is 4.52 Å². The van der Waals surface area contributed by atoms with Gasteiger partial charge in [-0.15, -0.1) is 10.2 Å². The van der Waals surface area contributed by atoms with Crippen molar-refractivity contribution in [1.29, 1.82) is 5.26 Å². The highest BCUT2D eigenvalue weighted by Gasteiger charge is 2.42. The van der Waals surface area contributed by atoms with Crippen LogP contribution >= 0.6 is 0 Å². The average Bonchev–Trinajstić information content (AvgIpc) is 3.52. The van der Waals surface area contributed by atoms with Gasteiger partial charge in [-0.05, 0) is 25.0 Å². The van der Waals surface area contributed by atoms with Gasteiger partial charge in [-0.2, -0.15) is 14.6 Å². The van der Waals surface area contributed by atoms with Gasteiger partial charge in [-0.25, -0.2) is 4.90 Å². The lowest BCUT2D eigenvalue weighted by Gasteiger charge is -2.31. The van der Waals surface area contributed by atoms with Gasteiger partial charge in [-0.1, -0.05) is 30.1 Å². The lowest BCUT2D eigenvalue weighted by atomic mass is 10.1. The van der Waals surface area contributed by atoms with Crippen LogP contribution in [0.2, 0.25) is 0 Å². The predicted molar refractivity (Wildman–Crippen MR) is 99.1 cm³/mol. The first-order valence-corrected chi connectivity index (χ1v) is 9.48. The number of rotatable bonds is 2. The molecular formula is C19H15FN8O. The maximum absolute atomic E-state index is 15.0. The highest BCUT2D eigenvalue weighted by atomic mass is 19.1. The number of para-hydroxylation sites is 1. The number of benzene rings is 1. The standard InChI is InChI=1S/C19H15FN8O/c20-19-26(10-21)9-14-27(19)13-8-4-3-7-12(13)16-23-24-17(28(14)16)18-22-15(25-29-18)11-5-1-2-6-11/h3-4,7-9,11,19H,1-2,5-6H2. The molecular weight excluding hydrogens is 375 g/mol. The lowest BCUT2D eigenvalue weighted by Crippen LogP contribution is -2.36. The van der Waals surface area contributed by atoms with Crippen LogP contribution in [0.5, 0.6) is 0 Å². The normalized spacial score (nSPS) is 20.3. The summed E-state index contributed by atoms with van der Waals surface area (Å²) >= 11 is 0. The van der Waals surface area contributed by atoms with E-state index in [1.54, 1.807) is 10.6 Å². The number of aromatic nitrogens is 5. The molecule has 2 aliphatic heterocycles. The van der Waals surface area contributed by atoms with E-state index in [0.29, 0.717) is 40.5 Å². The largest absolute Gasteiger partial charge is 0.330 e. The zero-order valence-electron chi connectivity index (χ0n) is 15.2. The fraction of sp³-hybridized carbons (Fsp3) is 0.316. The number of anilines is 1. The molecule has 29 heavy (non-hydrogen) atoms. The predicted octanol–water partition coefficient (Wildman–Crippen LogP) is 3.28. The van der Waals surface area contributed by atoms with Crippen LogP contribution in [0.25, 0.3) is 28.9 Å². The smallest absolute Gasteiger partial charge is 0.296 e. The highest BCUT2D eigenvalue weighted by molar-refractivity contribution is 5.90. The Balaban J connectivity index is 1.53. The second-order valence-corrected chi connectivity index (χ2v) is 7.31. The van der Waals surface area contributed by atoms with Gasteiger partial charge in [0.25, 0.3) is 12.3 Å². The average molecular weight is 390 g/mol. The molecule has 9 nitrogen and oxygen atoms in total. The number of alkyl halides is 1. The Labute approximate surface area is 164 Å². The van der Waals surface area contributed by atoms with E-state index in [2.05, 4.69) is 20.3 Å². The van der Waals surface area contributed by atoms with Crippen molar-refractivity contribution in [3.63, 3.8) is 0 Å². The topological polar surface area (TPSA) is 99.9 Å². The van der Waals surface area contributed by atoms with Crippen LogP contribution in [0.4, 0.5) is 10.1 Å². The van der Waals surface area contributed by atoms with Crippen LogP contribution in [-0.4, -0.2) is 36.2 Å². The van der Waals surface area contributed by atoms with E-state index in [1.807, 2.05) is 24.4 Å². The Morgan fingerprint density at radius 2 is 1.93 bits per heavy atom. The molecule has 0 radical (unpaired) electrons. The Morgan fingerprint density at radius 1 is 1.14 bits per heavy atom. The molecule has 10 heteroatoms. The summed E-state index contributed by atoms with van der Waals surface area (Å²) in [6, 6.07) is 7.30. The van der Waals surface area contributed by atoms with Gasteiger partial charge in [0.2, 0.25) is 5.82 Å². The first-order chi connectivity index (χ1) is 14.3. The maximum atomic E-state index is 15.0. The second-order valence-electron chi connectivity index (χ2n) is 7.31. The summed E-state index contributed by atoms with van der Waals surface area (Å²) in [6.45, 7) is 0. The van der Waals surface area contributed by atoms with Crippen molar-refractivity contribution in [3.8, 4) is 29.3 Å². The van der Waals surface area contributed by atoms with Crippen molar-refractivity contribution >= 4 is 11.5 Å². The summed E-state index contributed by atoms with van der Waals surface area (Å²) in [5.41, 5.74) is 1.33. The summed E-state index contributed by atoms with van der Waals surface area (Å²) in [7, 11) is 0. The first kappa shape index (κ1) is 16.2. The molecule has 1 fully saturated rings. The molecule has 1 aromatic carbocycles. The molecule has 3 aliphatic rings. The van der Waals surface area contributed by atoms with E-state index in [9.17, 15) is 5.26 Å².